The molecule has 0 aromatic heterocycles. The van der Waals surface area contributed by atoms with Gasteiger partial charge in [0.05, 0.1) is 6.10 Å². The topological polar surface area (TPSA) is 98.5 Å². The first-order chi connectivity index (χ1) is 14.2. The molecular formula is C24H44N2O4. The summed E-state index contributed by atoms with van der Waals surface area (Å²) in [4.78, 5) is 34.0. The van der Waals surface area contributed by atoms with Crippen molar-refractivity contribution in [2.24, 2.45) is 23.5 Å². The highest BCUT2D eigenvalue weighted by Crippen LogP contribution is 2.27. The van der Waals surface area contributed by atoms with Crippen LogP contribution < -0.4 is 11.1 Å². The number of rotatable bonds is 9. The summed E-state index contributed by atoms with van der Waals surface area (Å²) in [5.41, 5.74) is 4.80. The number of hydrogen-bond acceptors (Lipinski definition) is 4. The van der Waals surface area contributed by atoms with E-state index in [1.165, 1.54) is 32.1 Å². The Morgan fingerprint density at radius 2 is 1.47 bits per heavy atom. The van der Waals surface area contributed by atoms with Crippen molar-refractivity contribution in [3.05, 3.63) is 0 Å². The minimum absolute atomic E-state index is 0.00926. The highest BCUT2D eigenvalue weighted by atomic mass is 16.5. The van der Waals surface area contributed by atoms with Gasteiger partial charge in [-0.2, -0.15) is 0 Å². The molecule has 0 heterocycles. The summed E-state index contributed by atoms with van der Waals surface area (Å²) in [6.45, 7) is 8.19. The average Bonchev–Trinajstić information content (AvgIpc) is 2.72. The molecule has 6 heteroatoms. The number of nitrogens with two attached hydrogens (primary N) is 1. The Kier molecular flexibility index (Phi) is 12.9. The number of ketones is 1. The lowest BCUT2D eigenvalue weighted by Gasteiger charge is -2.29. The van der Waals surface area contributed by atoms with E-state index < -0.39 is 0 Å². The van der Waals surface area contributed by atoms with Gasteiger partial charge in [0, 0.05) is 36.8 Å². The van der Waals surface area contributed by atoms with E-state index in [0.717, 1.165) is 32.1 Å². The van der Waals surface area contributed by atoms with Crippen LogP contribution in [0.25, 0.3) is 0 Å². The van der Waals surface area contributed by atoms with Crippen LogP contribution in [0.5, 0.6) is 0 Å². The van der Waals surface area contributed by atoms with Gasteiger partial charge in [0.15, 0.2) is 0 Å². The van der Waals surface area contributed by atoms with Crippen LogP contribution in [0.3, 0.4) is 0 Å². The fourth-order valence-electron chi connectivity index (χ4n) is 4.01. The van der Waals surface area contributed by atoms with Crippen LogP contribution in [-0.2, 0) is 19.1 Å². The molecule has 0 aromatic rings. The van der Waals surface area contributed by atoms with E-state index in [1.54, 1.807) is 13.8 Å². The van der Waals surface area contributed by atoms with Crippen molar-refractivity contribution in [3.8, 4) is 0 Å². The summed E-state index contributed by atoms with van der Waals surface area (Å²) in [5.74, 6) is 0.618. The molecular weight excluding hydrogens is 380 g/mol. The van der Waals surface area contributed by atoms with Crippen LogP contribution in [-0.4, -0.2) is 36.4 Å². The van der Waals surface area contributed by atoms with Crippen molar-refractivity contribution in [2.45, 2.75) is 110 Å². The van der Waals surface area contributed by atoms with E-state index in [-0.39, 0.29) is 35.6 Å². The second-order valence-electron chi connectivity index (χ2n) is 9.46. The minimum atomic E-state index is -0.241. The molecule has 2 rings (SSSR count). The normalized spacial score (nSPS) is 22.3. The molecule has 2 fully saturated rings. The van der Waals surface area contributed by atoms with Crippen molar-refractivity contribution in [3.63, 3.8) is 0 Å². The zero-order valence-electron chi connectivity index (χ0n) is 19.6. The molecule has 0 saturated heterocycles. The molecule has 0 radical (unpaired) electrons. The molecule has 0 spiro atoms. The van der Waals surface area contributed by atoms with E-state index in [4.69, 9.17) is 10.5 Å². The predicted molar refractivity (Wildman–Crippen MR) is 120 cm³/mol. The van der Waals surface area contributed by atoms with Gasteiger partial charge in [-0.05, 0) is 44.9 Å². The SMILES string of the molecule is CC(C)C(=O)C1CCC(NC(=O)CCCOC2CCCCC2)CC1.CC(C)C(N)=O. The lowest BCUT2D eigenvalue weighted by molar-refractivity contribution is -0.127. The molecule has 30 heavy (non-hydrogen) atoms. The Hall–Kier alpha value is -1.43. The van der Waals surface area contributed by atoms with Gasteiger partial charge in [0.25, 0.3) is 0 Å². The van der Waals surface area contributed by atoms with Gasteiger partial charge < -0.3 is 15.8 Å². The number of Topliss-reactive ketones (excluding diaryl/α,β-unsaturated/α-hetero) is 1. The van der Waals surface area contributed by atoms with Crippen molar-refractivity contribution >= 4 is 17.6 Å². The van der Waals surface area contributed by atoms with Crippen LogP contribution in [0.1, 0.15) is 98.3 Å². The molecule has 2 aliphatic rings. The van der Waals surface area contributed by atoms with Gasteiger partial charge in [-0.15, -0.1) is 0 Å². The summed E-state index contributed by atoms with van der Waals surface area (Å²) >= 11 is 0. The van der Waals surface area contributed by atoms with Crippen LogP contribution in [0.15, 0.2) is 0 Å². The number of amides is 2. The molecule has 0 unspecified atom stereocenters. The zero-order valence-corrected chi connectivity index (χ0v) is 19.6. The summed E-state index contributed by atoms with van der Waals surface area (Å²) in [6.07, 6.45) is 11.8. The molecule has 2 aliphatic carbocycles. The Morgan fingerprint density at radius 3 is 1.97 bits per heavy atom. The predicted octanol–water partition coefficient (Wildman–Crippen LogP) is 4.14. The number of ether oxygens (including phenoxy) is 1. The average molecular weight is 425 g/mol. The maximum absolute atomic E-state index is 12.1. The van der Waals surface area contributed by atoms with Crippen molar-refractivity contribution in [1.29, 1.82) is 0 Å². The van der Waals surface area contributed by atoms with Crippen molar-refractivity contribution < 1.29 is 19.1 Å². The standard InChI is InChI=1S/C20H35NO3.C4H9NO/c1-15(2)20(23)16-10-12-17(13-11-16)21-19(22)9-6-14-24-18-7-4-3-5-8-18;1-3(2)4(5)6/h15-18H,3-14H2,1-2H3,(H,21,22);3H,1-2H3,(H2,5,6). The van der Waals surface area contributed by atoms with Crippen molar-refractivity contribution in [1.82, 2.24) is 5.32 Å². The summed E-state index contributed by atoms with van der Waals surface area (Å²) < 4.78 is 5.87. The van der Waals surface area contributed by atoms with Gasteiger partial charge in [0.1, 0.15) is 5.78 Å². The Balaban J connectivity index is 0.000000656. The zero-order chi connectivity index (χ0) is 22.5. The fourth-order valence-corrected chi connectivity index (χ4v) is 4.01. The van der Waals surface area contributed by atoms with E-state index in [1.807, 2.05) is 13.8 Å². The van der Waals surface area contributed by atoms with Gasteiger partial charge in [-0.3, -0.25) is 14.4 Å². The summed E-state index contributed by atoms with van der Waals surface area (Å²) in [7, 11) is 0. The third-order valence-corrected chi connectivity index (χ3v) is 6.09. The third-order valence-electron chi connectivity index (χ3n) is 6.09. The fraction of sp³-hybridized carbons (Fsp3) is 0.875. The van der Waals surface area contributed by atoms with Crippen LogP contribution in [0.2, 0.25) is 0 Å². The van der Waals surface area contributed by atoms with Gasteiger partial charge in [-0.1, -0.05) is 47.0 Å². The highest BCUT2D eigenvalue weighted by Gasteiger charge is 2.28. The first kappa shape index (κ1) is 26.6. The molecule has 0 aliphatic heterocycles. The molecule has 2 amide bonds. The Morgan fingerprint density at radius 1 is 0.900 bits per heavy atom. The first-order valence-corrected chi connectivity index (χ1v) is 11.9. The van der Waals surface area contributed by atoms with Crippen LogP contribution in [0.4, 0.5) is 0 Å². The Labute approximate surface area is 183 Å². The van der Waals surface area contributed by atoms with E-state index in [9.17, 15) is 14.4 Å². The maximum Gasteiger partial charge on any atom is 0.220 e. The summed E-state index contributed by atoms with van der Waals surface area (Å²) in [5, 5.41) is 3.14. The lowest BCUT2D eigenvalue weighted by atomic mass is 9.80. The number of hydrogen-bond donors (Lipinski definition) is 2. The van der Waals surface area contributed by atoms with Crippen LogP contribution >= 0.6 is 0 Å². The van der Waals surface area contributed by atoms with Gasteiger partial charge >= 0.3 is 0 Å². The monoisotopic (exact) mass is 424 g/mol. The van der Waals surface area contributed by atoms with Crippen molar-refractivity contribution in [2.75, 3.05) is 6.61 Å². The second-order valence-corrected chi connectivity index (χ2v) is 9.46. The number of carbonyl (C=O) groups excluding carboxylic acids is 3. The smallest absolute Gasteiger partial charge is 0.220 e. The molecule has 174 valence electrons. The van der Waals surface area contributed by atoms with Gasteiger partial charge in [0.2, 0.25) is 11.8 Å². The lowest BCUT2D eigenvalue weighted by Crippen LogP contribution is -2.39. The van der Waals surface area contributed by atoms with E-state index in [0.29, 0.717) is 24.9 Å². The highest BCUT2D eigenvalue weighted by molar-refractivity contribution is 5.83. The maximum atomic E-state index is 12.1. The van der Waals surface area contributed by atoms with E-state index >= 15 is 0 Å². The van der Waals surface area contributed by atoms with Gasteiger partial charge in [-0.25, -0.2) is 0 Å². The number of nitrogens with one attached hydrogen (secondary N) is 1. The van der Waals surface area contributed by atoms with E-state index in [2.05, 4.69) is 5.32 Å². The minimum Gasteiger partial charge on any atom is -0.378 e. The second kappa shape index (κ2) is 14.6. The summed E-state index contributed by atoms with van der Waals surface area (Å²) in [6, 6.07) is 0.257. The molecule has 6 nitrogen and oxygen atoms in total. The first-order valence-electron chi connectivity index (χ1n) is 11.9. The molecule has 2 saturated carbocycles. The molecule has 0 bridgehead atoms. The molecule has 0 atom stereocenters. The van der Waals surface area contributed by atoms with Crippen LogP contribution in [0, 0.1) is 17.8 Å². The largest absolute Gasteiger partial charge is 0.378 e. The number of primary amides is 1. The molecule has 0 aromatic carbocycles. The molecule has 3 N–H and O–H groups in total. The number of carbonyl (C=O) groups is 3. The Bertz CT molecular complexity index is 519. The third kappa shape index (κ3) is 11.1. The quantitative estimate of drug-likeness (QED) is 0.543.